The normalized spacial score (nSPS) is 10.7. The highest BCUT2D eigenvalue weighted by Crippen LogP contribution is 2.32. The molecule has 0 radical (unpaired) electrons. The first-order valence-electron chi connectivity index (χ1n) is 5.25. The predicted octanol–water partition coefficient (Wildman–Crippen LogP) is 4.05. The van der Waals surface area contributed by atoms with Crippen molar-refractivity contribution >= 4 is 23.2 Å². The summed E-state index contributed by atoms with van der Waals surface area (Å²) in [6.07, 6.45) is 0. The molecule has 0 atom stereocenters. The lowest BCUT2D eigenvalue weighted by Crippen LogP contribution is -1.98. The van der Waals surface area contributed by atoms with Gasteiger partial charge in [-0.1, -0.05) is 17.7 Å². The monoisotopic (exact) mass is 288 g/mol. The van der Waals surface area contributed by atoms with Crippen LogP contribution in [0.25, 0.3) is 0 Å². The van der Waals surface area contributed by atoms with Gasteiger partial charge >= 0.3 is 0 Å². The molecule has 6 heteroatoms. The molecule has 0 aliphatic heterocycles. The summed E-state index contributed by atoms with van der Waals surface area (Å²) >= 11 is 11.5. The molecule has 3 nitrogen and oxygen atoms in total. The lowest BCUT2D eigenvalue weighted by molar-refractivity contribution is 0.401. The van der Waals surface area contributed by atoms with E-state index < -0.39 is 5.82 Å². The van der Waals surface area contributed by atoms with Crippen LogP contribution in [0, 0.1) is 12.7 Å². The molecule has 2 rings (SSSR count). The molecule has 0 fully saturated rings. The van der Waals surface area contributed by atoms with E-state index in [4.69, 9.17) is 27.9 Å². The third-order valence-electron chi connectivity index (χ3n) is 2.55. The molecule has 0 bridgehead atoms. The molecule has 0 saturated carbocycles. The Balaban J connectivity index is 2.43. The van der Waals surface area contributed by atoms with Gasteiger partial charge in [-0.2, -0.15) is 5.10 Å². The van der Waals surface area contributed by atoms with Crippen LogP contribution in [0.1, 0.15) is 11.3 Å². The Morgan fingerprint density at radius 3 is 2.83 bits per heavy atom. The van der Waals surface area contributed by atoms with E-state index in [2.05, 4.69) is 5.10 Å². The zero-order chi connectivity index (χ0) is 13.3. The Bertz CT molecular complexity index is 584. The van der Waals surface area contributed by atoms with Crippen LogP contribution >= 0.6 is 23.2 Å². The highest BCUT2D eigenvalue weighted by Gasteiger charge is 2.17. The molecule has 0 unspecified atom stereocenters. The molecule has 0 aliphatic carbocycles. The topological polar surface area (TPSA) is 27.1 Å². The van der Waals surface area contributed by atoms with Crippen LogP contribution < -0.4 is 4.74 Å². The lowest BCUT2D eigenvalue weighted by Gasteiger charge is -2.09. The van der Waals surface area contributed by atoms with Crippen molar-refractivity contribution in [2.75, 3.05) is 0 Å². The quantitative estimate of drug-likeness (QED) is 0.797. The van der Waals surface area contributed by atoms with Crippen molar-refractivity contribution in [2.24, 2.45) is 7.05 Å². The average molecular weight is 289 g/mol. The van der Waals surface area contributed by atoms with Gasteiger partial charge in [0.2, 0.25) is 5.88 Å². The first-order valence-corrected chi connectivity index (χ1v) is 6.16. The van der Waals surface area contributed by atoms with Crippen molar-refractivity contribution < 1.29 is 9.13 Å². The van der Waals surface area contributed by atoms with E-state index in [0.29, 0.717) is 5.88 Å². The van der Waals surface area contributed by atoms with E-state index >= 15 is 0 Å². The first-order chi connectivity index (χ1) is 8.54. The Kier molecular flexibility index (Phi) is 3.78. The second-order valence-electron chi connectivity index (χ2n) is 3.78. The van der Waals surface area contributed by atoms with Gasteiger partial charge in [0.25, 0.3) is 0 Å². The number of hydrogen-bond acceptors (Lipinski definition) is 2. The molecule has 2 aromatic rings. The average Bonchev–Trinajstić information content (AvgIpc) is 2.59. The zero-order valence-electron chi connectivity index (χ0n) is 9.88. The highest BCUT2D eigenvalue weighted by molar-refractivity contribution is 6.30. The van der Waals surface area contributed by atoms with Gasteiger partial charge in [-0.15, -0.1) is 11.6 Å². The minimum Gasteiger partial charge on any atom is -0.436 e. The molecular weight excluding hydrogens is 278 g/mol. The number of halogens is 3. The van der Waals surface area contributed by atoms with Crippen LogP contribution in [0.4, 0.5) is 4.39 Å². The summed E-state index contributed by atoms with van der Waals surface area (Å²) in [5, 5.41) is 4.19. The molecule has 1 aromatic carbocycles. The number of aromatic nitrogens is 2. The number of alkyl halides is 1. The van der Waals surface area contributed by atoms with Gasteiger partial charge in [-0.05, 0) is 19.1 Å². The third kappa shape index (κ3) is 2.31. The summed E-state index contributed by atoms with van der Waals surface area (Å²) in [7, 11) is 1.71. The SMILES string of the molecule is Cc1nn(C)c(Oc2cccc(Cl)c2F)c1CCl. The van der Waals surface area contributed by atoms with Crippen LogP contribution in [0.15, 0.2) is 18.2 Å². The minimum absolute atomic E-state index is 0.0128. The van der Waals surface area contributed by atoms with Crippen molar-refractivity contribution in [3.63, 3.8) is 0 Å². The van der Waals surface area contributed by atoms with Crippen LogP contribution in [0.2, 0.25) is 5.02 Å². The maximum atomic E-state index is 13.7. The minimum atomic E-state index is -0.599. The van der Waals surface area contributed by atoms with Crippen molar-refractivity contribution in [2.45, 2.75) is 12.8 Å². The molecule has 1 aromatic heterocycles. The van der Waals surface area contributed by atoms with Gasteiger partial charge in [0.15, 0.2) is 11.6 Å². The largest absolute Gasteiger partial charge is 0.436 e. The van der Waals surface area contributed by atoms with Crippen molar-refractivity contribution in [3.05, 3.63) is 40.3 Å². The summed E-state index contributed by atoms with van der Waals surface area (Å²) in [6, 6.07) is 4.58. The van der Waals surface area contributed by atoms with Gasteiger partial charge in [0.1, 0.15) is 0 Å². The summed E-state index contributed by atoms with van der Waals surface area (Å²) in [4.78, 5) is 0. The molecule has 96 valence electrons. The van der Waals surface area contributed by atoms with Gasteiger partial charge in [-0.3, -0.25) is 0 Å². The summed E-state index contributed by atoms with van der Waals surface area (Å²) in [5.41, 5.74) is 1.49. The van der Waals surface area contributed by atoms with E-state index in [1.54, 1.807) is 13.1 Å². The highest BCUT2D eigenvalue weighted by atomic mass is 35.5. The molecule has 0 saturated heterocycles. The van der Waals surface area contributed by atoms with Crippen LogP contribution in [-0.4, -0.2) is 9.78 Å². The number of benzene rings is 1. The molecule has 0 spiro atoms. The predicted molar refractivity (Wildman–Crippen MR) is 69.0 cm³/mol. The Morgan fingerprint density at radius 2 is 2.17 bits per heavy atom. The van der Waals surface area contributed by atoms with E-state index in [-0.39, 0.29) is 16.7 Å². The molecule has 0 aliphatic rings. The number of ether oxygens (including phenoxy) is 1. The summed E-state index contributed by atoms with van der Waals surface area (Å²) in [5.74, 6) is 0.121. The smallest absolute Gasteiger partial charge is 0.222 e. The van der Waals surface area contributed by atoms with E-state index in [1.807, 2.05) is 6.92 Å². The molecule has 0 N–H and O–H groups in total. The second kappa shape index (κ2) is 5.16. The number of nitrogens with zero attached hydrogens (tertiary/aromatic N) is 2. The van der Waals surface area contributed by atoms with Crippen LogP contribution in [-0.2, 0) is 12.9 Å². The number of aryl methyl sites for hydroxylation is 2. The van der Waals surface area contributed by atoms with Crippen molar-refractivity contribution in [3.8, 4) is 11.6 Å². The van der Waals surface area contributed by atoms with Crippen molar-refractivity contribution in [1.82, 2.24) is 9.78 Å². The molecule has 18 heavy (non-hydrogen) atoms. The fourth-order valence-corrected chi connectivity index (χ4v) is 2.10. The van der Waals surface area contributed by atoms with E-state index in [9.17, 15) is 4.39 Å². The van der Waals surface area contributed by atoms with Crippen LogP contribution in [0.5, 0.6) is 11.6 Å². The number of rotatable bonds is 3. The van der Waals surface area contributed by atoms with Crippen LogP contribution in [0.3, 0.4) is 0 Å². The van der Waals surface area contributed by atoms with E-state index in [0.717, 1.165) is 11.3 Å². The zero-order valence-corrected chi connectivity index (χ0v) is 11.4. The fraction of sp³-hybridized carbons (Fsp3) is 0.250. The van der Waals surface area contributed by atoms with Gasteiger partial charge in [-0.25, -0.2) is 9.07 Å². The molecule has 1 heterocycles. The van der Waals surface area contributed by atoms with E-state index in [1.165, 1.54) is 16.8 Å². The number of hydrogen-bond donors (Lipinski definition) is 0. The Hall–Kier alpha value is -1.26. The summed E-state index contributed by atoms with van der Waals surface area (Å²) < 4.78 is 20.8. The van der Waals surface area contributed by atoms with Crippen molar-refractivity contribution in [1.29, 1.82) is 0 Å². The standard InChI is InChI=1S/C12H11Cl2FN2O/c1-7-8(6-13)12(17(2)16-7)18-10-5-3-4-9(14)11(10)15/h3-5H,6H2,1-2H3. The maximum absolute atomic E-state index is 13.7. The fourth-order valence-electron chi connectivity index (χ4n) is 1.63. The maximum Gasteiger partial charge on any atom is 0.222 e. The second-order valence-corrected chi connectivity index (χ2v) is 4.45. The molecule has 0 amide bonds. The van der Waals surface area contributed by atoms with Gasteiger partial charge < -0.3 is 4.74 Å². The first kappa shape index (κ1) is 13.2. The van der Waals surface area contributed by atoms with Gasteiger partial charge in [0.05, 0.1) is 22.2 Å². The molecular formula is C12H11Cl2FN2O. The Labute approximate surface area is 114 Å². The Morgan fingerprint density at radius 1 is 1.44 bits per heavy atom. The summed E-state index contributed by atoms with van der Waals surface area (Å²) in [6.45, 7) is 1.82. The van der Waals surface area contributed by atoms with Gasteiger partial charge in [0, 0.05) is 7.05 Å². The third-order valence-corrected chi connectivity index (χ3v) is 3.10. The lowest BCUT2D eigenvalue weighted by atomic mass is 10.3.